The number of benzene rings is 3. The van der Waals surface area contributed by atoms with Crippen LogP contribution in [0, 0.1) is 5.92 Å². The number of aryl methyl sites for hydroxylation is 1. The van der Waals surface area contributed by atoms with Gasteiger partial charge in [-0.3, -0.25) is 4.79 Å². The minimum absolute atomic E-state index is 0.00720. The van der Waals surface area contributed by atoms with E-state index in [0.29, 0.717) is 17.4 Å². The average molecular weight is 519 g/mol. The van der Waals surface area contributed by atoms with E-state index in [2.05, 4.69) is 58.7 Å². The first-order chi connectivity index (χ1) is 18.4. The van der Waals surface area contributed by atoms with Crippen LogP contribution in [-0.4, -0.2) is 49.8 Å². The fourth-order valence-electron chi connectivity index (χ4n) is 4.62. The van der Waals surface area contributed by atoms with Gasteiger partial charge in [-0.05, 0) is 86.6 Å². The van der Waals surface area contributed by atoms with Crippen molar-refractivity contribution in [2.75, 3.05) is 39.2 Å². The van der Waals surface area contributed by atoms with Crippen LogP contribution in [0.5, 0.6) is 17.2 Å². The molecule has 4 rings (SSSR count). The van der Waals surface area contributed by atoms with E-state index in [1.165, 1.54) is 69.6 Å². The van der Waals surface area contributed by atoms with Crippen LogP contribution in [0.1, 0.15) is 50.2 Å². The van der Waals surface area contributed by atoms with E-state index in [0.717, 1.165) is 5.69 Å². The van der Waals surface area contributed by atoms with E-state index < -0.39 is 0 Å². The maximum absolute atomic E-state index is 11.9. The topological polar surface area (TPSA) is 71.0 Å². The van der Waals surface area contributed by atoms with Crippen LogP contribution in [0.2, 0.25) is 0 Å². The number of carbonyl (C=O) groups excluding carboxylic acids is 1. The number of hydrogen-bond acceptors (Lipinski definition) is 5. The number of phenols is 1. The molecular formula is C32H42N2O4. The SMILES string of the molecule is CC(C)C(=O)Nc1cccc(C2CCN(CCCc3ccccc3)CC2)c1.COc1ccc(O)cc1OC. The van der Waals surface area contributed by atoms with Gasteiger partial charge in [-0.15, -0.1) is 0 Å². The summed E-state index contributed by atoms with van der Waals surface area (Å²) >= 11 is 0. The van der Waals surface area contributed by atoms with Crippen LogP contribution in [-0.2, 0) is 11.2 Å². The molecule has 2 N–H and O–H groups in total. The molecule has 1 amide bonds. The molecule has 1 aliphatic heterocycles. The molecule has 1 heterocycles. The Morgan fingerprint density at radius 2 is 1.66 bits per heavy atom. The number of rotatable bonds is 9. The van der Waals surface area contributed by atoms with Crippen molar-refractivity contribution >= 4 is 11.6 Å². The van der Waals surface area contributed by atoms with Gasteiger partial charge in [0.1, 0.15) is 5.75 Å². The van der Waals surface area contributed by atoms with Gasteiger partial charge in [0.2, 0.25) is 5.91 Å². The monoisotopic (exact) mass is 518 g/mol. The Labute approximate surface area is 227 Å². The van der Waals surface area contributed by atoms with Crippen LogP contribution < -0.4 is 14.8 Å². The first-order valence-corrected chi connectivity index (χ1v) is 13.5. The lowest BCUT2D eigenvalue weighted by Gasteiger charge is -2.32. The standard InChI is InChI=1S/C24H32N2O.C8H10O3/c1-19(2)24(27)25-23-12-6-11-22(18-23)21-13-16-26(17-14-21)15-7-10-20-8-4-3-5-9-20;1-10-7-4-3-6(9)5-8(7)11-2/h3-6,8-9,11-12,18-19,21H,7,10,13-17H2,1-2H3,(H,25,27);3-5,9H,1-2H3. The van der Waals surface area contributed by atoms with Crippen LogP contribution in [0.3, 0.4) is 0 Å². The number of ether oxygens (including phenoxy) is 2. The van der Waals surface area contributed by atoms with Crippen molar-refractivity contribution in [2.45, 2.75) is 45.4 Å². The average Bonchev–Trinajstić information content (AvgIpc) is 2.94. The molecule has 0 unspecified atom stereocenters. The second-order valence-corrected chi connectivity index (χ2v) is 10.0. The normalized spacial score (nSPS) is 13.9. The first-order valence-electron chi connectivity index (χ1n) is 13.5. The lowest BCUT2D eigenvalue weighted by atomic mass is 9.89. The quantitative estimate of drug-likeness (QED) is 0.338. The van der Waals surface area contributed by atoms with Crippen LogP contribution in [0.4, 0.5) is 5.69 Å². The number of nitrogens with one attached hydrogen (secondary N) is 1. The number of piperidine rings is 1. The molecule has 3 aromatic rings. The molecule has 6 nitrogen and oxygen atoms in total. The fraction of sp³-hybridized carbons (Fsp3) is 0.406. The maximum atomic E-state index is 11.9. The minimum Gasteiger partial charge on any atom is -0.508 e. The summed E-state index contributed by atoms with van der Waals surface area (Å²) in [6, 6.07) is 23.9. The van der Waals surface area contributed by atoms with Gasteiger partial charge in [-0.1, -0.05) is 56.3 Å². The molecule has 1 fully saturated rings. The van der Waals surface area contributed by atoms with Gasteiger partial charge in [-0.25, -0.2) is 0 Å². The van der Waals surface area contributed by atoms with Crippen molar-refractivity contribution in [1.29, 1.82) is 0 Å². The third-order valence-electron chi connectivity index (χ3n) is 6.89. The summed E-state index contributed by atoms with van der Waals surface area (Å²) in [6.07, 6.45) is 4.80. The Bertz CT molecular complexity index is 1130. The van der Waals surface area contributed by atoms with E-state index >= 15 is 0 Å². The Balaban J connectivity index is 0.000000304. The molecule has 204 valence electrons. The molecule has 6 heteroatoms. The first kappa shape index (κ1) is 29.1. The van der Waals surface area contributed by atoms with E-state index in [-0.39, 0.29) is 17.6 Å². The summed E-state index contributed by atoms with van der Waals surface area (Å²) in [5.74, 6) is 2.01. The van der Waals surface area contributed by atoms with E-state index in [9.17, 15) is 4.79 Å². The summed E-state index contributed by atoms with van der Waals surface area (Å²) in [4.78, 5) is 14.5. The highest BCUT2D eigenvalue weighted by Gasteiger charge is 2.20. The number of likely N-dealkylation sites (tertiary alicyclic amines) is 1. The Morgan fingerprint density at radius 1 is 0.947 bits per heavy atom. The zero-order valence-corrected chi connectivity index (χ0v) is 23.2. The third-order valence-corrected chi connectivity index (χ3v) is 6.89. The number of hydrogen-bond donors (Lipinski definition) is 2. The van der Waals surface area contributed by atoms with E-state index in [1.807, 2.05) is 19.9 Å². The summed E-state index contributed by atoms with van der Waals surface area (Å²) in [5.41, 5.74) is 3.73. The predicted molar refractivity (Wildman–Crippen MR) is 154 cm³/mol. The highest BCUT2D eigenvalue weighted by Crippen LogP contribution is 2.30. The van der Waals surface area contributed by atoms with Crippen molar-refractivity contribution in [2.24, 2.45) is 5.92 Å². The summed E-state index contributed by atoms with van der Waals surface area (Å²) < 4.78 is 9.89. The molecule has 3 aromatic carbocycles. The lowest BCUT2D eigenvalue weighted by molar-refractivity contribution is -0.118. The molecular weight excluding hydrogens is 476 g/mol. The summed E-state index contributed by atoms with van der Waals surface area (Å²) in [5, 5.41) is 12.1. The van der Waals surface area contributed by atoms with Gasteiger partial charge in [0.15, 0.2) is 11.5 Å². The molecule has 1 aliphatic rings. The second kappa shape index (κ2) is 15.0. The molecule has 0 atom stereocenters. The highest BCUT2D eigenvalue weighted by atomic mass is 16.5. The Kier molecular flexibility index (Phi) is 11.5. The number of phenolic OH excluding ortho intramolecular Hbond substituents is 1. The number of methoxy groups -OCH3 is 2. The molecule has 0 spiro atoms. The van der Waals surface area contributed by atoms with Crippen molar-refractivity contribution in [3.63, 3.8) is 0 Å². The van der Waals surface area contributed by atoms with Crippen LogP contribution >= 0.6 is 0 Å². The van der Waals surface area contributed by atoms with Crippen molar-refractivity contribution in [3.8, 4) is 17.2 Å². The van der Waals surface area contributed by atoms with Crippen molar-refractivity contribution < 1.29 is 19.4 Å². The lowest BCUT2D eigenvalue weighted by Crippen LogP contribution is -2.33. The zero-order valence-electron chi connectivity index (χ0n) is 23.2. The molecule has 0 aromatic heterocycles. The number of nitrogens with zero attached hydrogens (tertiary/aromatic N) is 1. The molecule has 0 saturated carbocycles. The number of aromatic hydroxyl groups is 1. The molecule has 0 radical (unpaired) electrons. The largest absolute Gasteiger partial charge is 0.508 e. The molecule has 38 heavy (non-hydrogen) atoms. The van der Waals surface area contributed by atoms with Crippen molar-refractivity contribution in [3.05, 3.63) is 83.9 Å². The van der Waals surface area contributed by atoms with Crippen LogP contribution in [0.15, 0.2) is 72.8 Å². The molecule has 0 bridgehead atoms. The number of carbonyl (C=O) groups is 1. The van der Waals surface area contributed by atoms with Gasteiger partial charge in [-0.2, -0.15) is 0 Å². The van der Waals surface area contributed by atoms with Crippen molar-refractivity contribution in [1.82, 2.24) is 4.90 Å². The number of amides is 1. The number of anilines is 1. The fourth-order valence-corrected chi connectivity index (χ4v) is 4.62. The van der Waals surface area contributed by atoms with Gasteiger partial charge < -0.3 is 24.8 Å². The van der Waals surface area contributed by atoms with E-state index in [1.54, 1.807) is 19.2 Å². The summed E-state index contributed by atoms with van der Waals surface area (Å²) in [7, 11) is 3.08. The molecule has 1 saturated heterocycles. The summed E-state index contributed by atoms with van der Waals surface area (Å²) in [6.45, 7) is 7.37. The Morgan fingerprint density at radius 3 is 2.32 bits per heavy atom. The van der Waals surface area contributed by atoms with Crippen LogP contribution in [0.25, 0.3) is 0 Å². The smallest absolute Gasteiger partial charge is 0.226 e. The Hall–Kier alpha value is -3.51. The van der Waals surface area contributed by atoms with Gasteiger partial charge in [0, 0.05) is 17.7 Å². The van der Waals surface area contributed by atoms with Gasteiger partial charge in [0.25, 0.3) is 0 Å². The third kappa shape index (κ3) is 9.10. The van der Waals surface area contributed by atoms with E-state index in [4.69, 9.17) is 14.6 Å². The predicted octanol–water partition coefficient (Wildman–Crippen LogP) is 6.50. The maximum Gasteiger partial charge on any atom is 0.226 e. The van der Waals surface area contributed by atoms with Gasteiger partial charge >= 0.3 is 0 Å². The molecule has 0 aliphatic carbocycles. The minimum atomic E-state index is 0.00720. The highest BCUT2D eigenvalue weighted by molar-refractivity contribution is 5.92. The second-order valence-electron chi connectivity index (χ2n) is 10.0. The zero-order chi connectivity index (χ0) is 27.3. The van der Waals surface area contributed by atoms with Gasteiger partial charge in [0.05, 0.1) is 14.2 Å².